The minimum Gasteiger partial charge on any atom is -0.166 e. The van der Waals surface area contributed by atoms with Gasteiger partial charge in [0.05, 0.1) is 5.56 Å². The molecule has 1 aromatic rings. The zero-order valence-electron chi connectivity index (χ0n) is 10.2. The van der Waals surface area contributed by atoms with E-state index < -0.39 is 11.7 Å². The second kappa shape index (κ2) is 6.24. The van der Waals surface area contributed by atoms with Gasteiger partial charge in [-0.05, 0) is 29.7 Å². The normalized spacial score (nSPS) is 13.0. The van der Waals surface area contributed by atoms with Crippen LogP contribution in [0.3, 0.4) is 0 Å². The summed E-state index contributed by atoms with van der Waals surface area (Å²) in [5.74, 6) is 0. The van der Waals surface area contributed by atoms with Gasteiger partial charge >= 0.3 is 6.18 Å². The highest BCUT2D eigenvalue weighted by Gasteiger charge is 2.30. The molecule has 0 atom stereocenters. The third-order valence-electron chi connectivity index (χ3n) is 2.35. The van der Waals surface area contributed by atoms with Crippen molar-refractivity contribution in [3.8, 4) is 0 Å². The summed E-state index contributed by atoms with van der Waals surface area (Å²) in [7, 11) is 0. The van der Waals surface area contributed by atoms with Gasteiger partial charge in [0, 0.05) is 0 Å². The highest BCUT2D eigenvalue weighted by atomic mass is 19.4. The summed E-state index contributed by atoms with van der Waals surface area (Å²) >= 11 is 0. The first-order valence-corrected chi connectivity index (χ1v) is 5.66. The van der Waals surface area contributed by atoms with E-state index in [1.807, 2.05) is 13.0 Å². The molecule has 0 saturated heterocycles. The molecule has 1 aromatic carbocycles. The molecule has 0 unspecified atom stereocenters. The summed E-state index contributed by atoms with van der Waals surface area (Å²) < 4.78 is 37.8. The Kier molecular flexibility index (Phi) is 4.95. The summed E-state index contributed by atoms with van der Waals surface area (Å²) in [4.78, 5) is 0. The molecule has 0 aliphatic carbocycles. The van der Waals surface area contributed by atoms with E-state index in [9.17, 15) is 13.2 Å². The highest BCUT2D eigenvalue weighted by Crippen LogP contribution is 2.31. The zero-order chi connectivity index (χ0) is 13.6. The Balaban J connectivity index is 3.18. The number of hydrogen-bond acceptors (Lipinski definition) is 0. The van der Waals surface area contributed by atoms with Crippen molar-refractivity contribution in [3.63, 3.8) is 0 Å². The minimum absolute atomic E-state index is 0.537. The molecule has 0 bridgehead atoms. The van der Waals surface area contributed by atoms with Gasteiger partial charge in [-0.1, -0.05) is 49.9 Å². The Hall–Kier alpha value is -1.77. The first-order chi connectivity index (χ1) is 8.49. The van der Waals surface area contributed by atoms with Gasteiger partial charge in [0.25, 0.3) is 0 Å². The fourth-order valence-electron chi connectivity index (χ4n) is 1.49. The largest absolute Gasteiger partial charge is 0.416 e. The monoisotopic (exact) mass is 252 g/mol. The van der Waals surface area contributed by atoms with Gasteiger partial charge in [-0.2, -0.15) is 13.2 Å². The molecule has 0 saturated carbocycles. The molecule has 0 aromatic heterocycles. The fraction of sp³-hybridized carbons (Fsp3) is 0.200. The van der Waals surface area contributed by atoms with Crippen LogP contribution in [0.25, 0.3) is 5.57 Å². The van der Waals surface area contributed by atoms with Gasteiger partial charge in [0.1, 0.15) is 0 Å². The van der Waals surface area contributed by atoms with E-state index in [-0.39, 0.29) is 0 Å². The molecule has 0 amide bonds. The molecule has 0 fully saturated rings. The highest BCUT2D eigenvalue weighted by molar-refractivity contribution is 5.75. The van der Waals surface area contributed by atoms with Crippen molar-refractivity contribution in [2.45, 2.75) is 19.5 Å². The van der Waals surface area contributed by atoms with Crippen LogP contribution in [0.4, 0.5) is 13.2 Å². The van der Waals surface area contributed by atoms with Crippen LogP contribution in [0.5, 0.6) is 0 Å². The van der Waals surface area contributed by atoms with Crippen molar-refractivity contribution in [1.29, 1.82) is 0 Å². The average molecular weight is 252 g/mol. The molecule has 96 valence electrons. The number of hydrogen-bond donors (Lipinski definition) is 0. The molecule has 0 aliphatic rings. The first-order valence-electron chi connectivity index (χ1n) is 5.66. The van der Waals surface area contributed by atoms with E-state index in [2.05, 4.69) is 6.58 Å². The van der Waals surface area contributed by atoms with Crippen LogP contribution >= 0.6 is 0 Å². The standard InChI is InChI=1S/C15H15F3/c1-3-5-8-12(7-4-2)13-9-6-10-14(11-13)15(16,17)18/h4-11H,2-3H2,1H3/b8-5-,12-7+. The van der Waals surface area contributed by atoms with E-state index in [1.54, 1.807) is 24.3 Å². The second-order valence-corrected chi connectivity index (χ2v) is 3.75. The Labute approximate surface area is 105 Å². The lowest BCUT2D eigenvalue weighted by Crippen LogP contribution is -2.04. The summed E-state index contributed by atoms with van der Waals surface area (Å²) in [6, 6.07) is 5.29. The van der Waals surface area contributed by atoms with Gasteiger partial charge in [0.2, 0.25) is 0 Å². The number of alkyl halides is 3. The quantitative estimate of drug-likeness (QED) is 0.643. The molecule has 3 heteroatoms. The molecule has 1 rings (SSSR count). The number of allylic oxidation sites excluding steroid dienone is 5. The van der Waals surface area contributed by atoms with Crippen molar-refractivity contribution in [1.82, 2.24) is 0 Å². The molecule has 0 heterocycles. The van der Waals surface area contributed by atoms with Crippen LogP contribution in [-0.4, -0.2) is 0 Å². The first kappa shape index (κ1) is 14.3. The van der Waals surface area contributed by atoms with E-state index in [0.29, 0.717) is 5.56 Å². The molecular weight excluding hydrogens is 237 g/mol. The lowest BCUT2D eigenvalue weighted by molar-refractivity contribution is -0.137. The van der Waals surface area contributed by atoms with Crippen LogP contribution in [-0.2, 0) is 6.18 Å². The second-order valence-electron chi connectivity index (χ2n) is 3.75. The average Bonchev–Trinajstić information content (AvgIpc) is 2.33. The SMILES string of the molecule is C=C/C=C(\C=C/CC)c1cccc(C(F)(F)F)c1. The minimum atomic E-state index is -4.32. The van der Waals surface area contributed by atoms with E-state index >= 15 is 0 Å². The van der Waals surface area contributed by atoms with Crippen LogP contribution < -0.4 is 0 Å². The van der Waals surface area contributed by atoms with Crippen LogP contribution in [0, 0.1) is 0 Å². The number of rotatable bonds is 4. The molecule has 0 aliphatic heterocycles. The topological polar surface area (TPSA) is 0 Å². The molecular formula is C15H15F3. The maximum Gasteiger partial charge on any atom is 0.416 e. The number of halogens is 3. The van der Waals surface area contributed by atoms with E-state index in [0.717, 1.165) is 24.1 Å². The lowest BCUT2D eigenvalue weighted by atomic mass is 10.0. The smallest absolute Gasteiger partial charge is 0.166 e. The molecule has 0 nitrogen and oxygen atoms in total. The number of benzene rings is 1. The Morgan fingerprint density at radius 1 is 1.33 bits per heavy atom. The zero-order valence-corrected chi connectivity index (χ0v) is 10.2. The maximum atomic E-state index is 12.6. The van der Waals surface area contributed by atoms with Gasteiger partial charge in [-0.25, -0.2) is 0 Å². The Bertz CT molecular complexity index is 465. The van der Waals surface area contributed by atoms with E-state index in [4.69, 9.17) is 0 Å². The summed E-state index contributed by atoms with van der Waals surface area (Å²) in [5.41, 5.74) is 0.618. The molecule has 0 radical (unpaired) electrons. The van der Waals surface area contributed by atoms with Gasteiger partial charge in [-0.15, -0.1) is 0 Å². The van der Waals surface area contributed by atoms with Crippen molar-refractivity contribution >= 4 is 5.57 Å². The Morgan fingerprint density at radius 2 is 2.06 bits per heavy atom. The predicted molar refractivity (Wildman–Crippen MR) is 69.0 cm³/mol. The van der Waals surface area contributed by atoms with E-state index in [1.165, 1.54) is 6.07 Å². The Morgan fingerprint density at radius 3 is 2.61 bits per heavy atom. The summed E-state index contributed by atoms with van der Waals surface area (Å²) in [5, 5.41) is 0. The lowest BCUT2D eigenvalue weighted by Gasteiger charge is -2.09. The van der Waals surface area contributed by atoms with Crippen molar-refractivity contribution in [2.24, 2.45) is 0 Å². The third kappa shape index (κ3) is 3.91. The molecule has 18 heavy (non-hydrogen) atoms. The molecule has 0 spiro atoms. The summed E-state index contributed by atoms with van der Waals surface area (Å²) in [6.07, 6.45) is 3.47. The van der Waals surface area contributed by atoms with Crippen LogP contribution in [0.15, 0.2) is 55.1 Å². The van der Waals surface area contributed by atoms with Crippen molar-refractivity contribution in [3.05, 3.63) is 66.3 Å². The molecule has 0 N–H and O–H groups in total. The maximum absolute atomic E-state index is 12.6. The third-order valence-corrected chi connectivity index (χ3v) is 2.35. The fourth-order valence-corrected chi connectivity index (χ4v) is 1.49. The predicted octanol–water partition coefficient (Wildman–Crippen LogP) is 5.24. The van der Waals surface area contributed by atoms with Crippen molar-refractivity contribution in [2.75, 3.05) is 0 Å². The van der Waals surface area contributed by atoms with Gasteiger partial charge in [0.15, 0.2) is 0 Å². The van der Waals surface area contributed by atoms with Crippen LogP contribution in [0.1, 0.15) is 24.5 Å². The van der Waals surface area contributed by atoms with Gasteiger partial charge in [-0.3, -0.25) is 0 Å². The van der Waals surface area contributed by atoms with Crippen LogP contribution in [0.2, 0.25) is 0 Å². The summed E-state index contributed by atoms with van der Waals surface area (Å²) in [6.45, 7) is 5.54. The van der Waals surface area contributed by atoms with Crippen molar-refractivity contribution < 1.29 is 13.2 Å². The van der Waals surface area contributed by atoms with Gasteiger partial charge < -0.3 is 0 Å².